The Morgan fingerprint density at radius 3 is 2.43 bits per heavy atom. The summed E-state index contributed by atoms with van der Waals surface area (Å²) >= 11 is 17.9. The first-order valence-corrected chi connectivity index (χ1v) is 6.95. The van der Waals surface area contributed by atoms with Crippen molar-refractivity contribution in [3.63, 3.8) is 0 Å². The van der Waals surface area contributed by atoms with E-state index in [9.17, 15) is 5.11 Å². The van der Waals surface area contributed by atoms with Crippen molar-refractivity contribution in [3.8, 4) is 11.5 Å². The summed E-state index contributed by atoms with van der Waals surface area (Å²) in [7, 11) is 1.47. The van der Waals surface area contributed by atoms with Gasteiger partial charge in [-0.2, -0.15) is 5.10 Å². The van der Waals surface area contributed by atoms with Gasteiger partial charge in [-0.15, -0.1) is 0 Å². The van der Waals surface area contributed by atoms with Crippen LogP contribution in [0.3, 0.4) is 0 Å². The van der Waals surface area contributed by atoms with Gasteiger partial charge in [0.15, 0.2) is 11.5 Å². The standard InChI is InChI=1S/C14H11Cl3N2O2/c1-21-13-4-8(2-3-12(13)20)7-18-19-14-10(16)5-9(15)6-11(14)17/h2-7,19-20H,1H3/b18-7+. The number of aromatic hydroxyl groups is 1. The summed E-state index contributed by atoms with van der Waals surface area (Å²) in [4.78, 5) is 0. The number of anilines is 1. The van der Waals surface area contributed by atoms with Crippen molar-refractivity contribution in [1.82, 2.24) is 0 Å². The highest BCUT2D eigenvalue weighted by Crippen LogP contribution is 2.33. The molecule has 2 aromatic rings. The summed E-state index contributed by atoms with van der Waals surface area (Å²) < 4.78 is 5.01. The molecule has 110 valence electrons. The third kappa shape index (κ3) is 3.94. The summed E-state index contributed by atoms with van der Waals surface area (Å²) in [5, 5.41) is 14.7. The predicted octanol–water partition coefficient (Wildman–Crippen LogP) is 4.81. The Balaban J connectivity index is 2.16. The third-order valence-corrected chi connectivity index (χ3v) is 3.42. The van der Waals surface area contributed by atoms with E-state index in [1.807, 2.05) is 0 Å². The van der Waals surface area contributed by atoms with E-state index >= 15 is 0 Å². The van der Waals surface area contributed by atoms with E-state index in [-0.39, 0.29) is 5.75 Å². The lowest BCUT2D eigenvalue weighted by Gasteiger charge is -2.07. The van der Waals surface area contributed by atoms with E-state index in [1.54, 1.807) is 30.5 Å². The molecule has 2 N–H and O–H groups in total. The minimum absolute atomic E-state index is 0.0615. The number of benzene rings is 2. The number of nitrogens with one attached hydrogen (secondary N) is 1. The molecule has 0 spiro atoms. The largest absolute Gasteiger partial charge is 0.504 e. The molecule has 2 rings (SSSR count). The average Bonchev–Trinajstić information content (AvgIpc) is 2.43. The summed E-state index contributed by atoms with van der Waals surface area (Å²) in [6.45, 7) is 0. The maximum absolute atomic E-state index is 9.50. The third-order valence-electron chi connectivity index (χ3n) is 2.60. The fourth-order valence-corrected chi connectivity index (χ4v) is 2.50. The predicted molar refractivity (Wildman–Crippen MR) is 87.3 cm³/mol. The molecule has 0 atom stereocenters. The lowest BCUT2D eigenvalue weighted by Crippen LogP contribution is -1.93. The minimum Gasteiger partial charge on any atom is -0.504 e. The first kappa shape index (κ1) is 15.8. The SMILES string of the molecule is COc1cc(/C=N/Nc2c(Cl)cc(Cl)cc2Cl)ccc1O. The Bertz CT molecular complexity index is 667. The monoisotopic (exact) mass is 344 g/mol. The highest BCUT2D eigenvalue weighted by Gasteiger charge is 2.06. The Kier molecular flexibility index (Phi) is 5.17. The Morgan fingerprint density at radius 1 is 1.14 bits per heavy atom. The van der Waals surface area contributed by atoms with Crippen LogP contribution in [0.4, 0.5) is 5.69 Å². The number of ether oxygens (including phenoxy) is 1. The zero-order valence-electron chi connectivity index (χ0n) is 10.9. The van der Waals surface area contributed by atoms with Gasteiger partial charge in [0.25, 0.3) is 0 Å². The van der Waals surface area contributed by atoms with Crippen molar-refractivity contribution in [2.75, 3.05) is 12.5 Å². The van der Waals surface area contributed by atoms with Crippen LogP contribution >= 0.6 is 34.8 Å². The molecule has 0 aliphatic rings. The molecule has 4 nitrogen and oxygen atoms in total. The fraction of sp³-hybridized carbons (Fsp3) is 0.0714. The van der Waals surface area contributed by atoms with Gasteiger partial charge < -0.3 is 9.84 Å². The highest BCUT2D eigenvalue weighted by atomic mass is 35.5. The van der Waals surface area contributed by atoms with Gasteiger partial charge in [0, 0.05) is 5.02 Å². The normalized spacial score (nSPS) is 10.9. The molecule has 0 aliphatic carbocycles. The van der Waals surface area contributed by atoms with Gasteiger partial charge in [0.1, 0.15) is 0 Å². The van der Waals surface area contributed by atoms with E-state index in [4.69, 9.17) is 39.5 Å². The molecule has 0 fully saturated rings. The minimum atomic E-state index is 0.0615. The van der Waals surface area contributed by atoms with Gasteiger partial charge in [-0.3, -0.25) is 5.43 Å². The number of rotatable bonds is 4. The quantitative estimate of drug-likeness (QED) is 0.618. The van der Waals surface area contributed by atoms with E-state index in [0.29, 0.717) is 26.5 Å². The molecule has 0 saturated carbocycles. The molecule has 0 saturated heterocycles. The van der Waals surface area contributed by atoms with Crippen LogP contribution in [0.15, 0.2) is 35.4 Å². The number of phenolic OH excluding ortho intramolecular Hbond substituents is 1. The van der Waals surface area contributed by atoms with Crippen molar-refractivity contribution in [2.24, 2.45) is 5.10 Å². The van der Waals surface area contributed by atoms with Crippen molar-refractivity contribution < 1.29 is 9.84 Å². The summed E-state index contributed by atoms with van der Waals surface area (Å²) in [5.74, 6) is 0.424. The van der Waals surface area contributed by atoms with Crippen LogP contribution in [0.1, 0.15) is 5.56 Å². The highest BCUT2D eigenvalue weighted by molar-refractivity contribution is 6.41. The Hall–Kier alpha value is -1.62. The number of phenols is 1. The second-order valence-corrected chi connectivity index (χ2v) is 5.30. The van der Waals surface area contributed by atoms with Gasteiger partial charge in [0.2, 0.25) is 0 Å². The zero-order valence-corrected chi connectivity index (χ0v) is 13.2. The van der Waals surface area contributed by atoms with Crippen LogP contribution in [-0.2, 0) is 0 Å². The Labute approximate surface area is 136 Å². The first-order valence-electron chi connectivity index (χ1n) is 5.82. The van der Waals surface area contributed by atoms with Crippen LogP contribution in [0.2, 0.25) is 15.1 Å². The lowest BCUT2D eigenvalue weighted by molar-refractivity contribution is 0.373. The van der Waals surface area contributed by atoms with Gasteiger partial charge in [-0.25, -0.2) is 0 Å². The number of hydrazone groups is 1. The molecule has 2 aromatic carbocycles. The van der Waals surface area contributed by atoms with Crippen LogP contribution in [0, 0.1) is 0 Å². The van der Waals surface area contributed by atoms with Crippen LogP contribution in [0.5, 0.6) is 11.5 Å². The van der Waals surface area contributed by atoms with E-state index in [2.05, 4.69) is 10.5 Å². The molecule has 21 heavy (non-hydrogen) atoms. The summed E-state index contributed by atoms with van der Waals surface area (Å²) in [5.41, 5.74) is 3.95. The lowest BCUT2D eigenvalue weighted by atomic mass is 10.2. The Morgan fingerprint density at radius 2 is 1.81 bits per heavy atom. The van der Waals surface area contributed by atoms with Crippen molar-refractivity contribution in [1.29, 1.82) is 0 Å². The van der Waals surface area contributed by atoms with Gasteiger partial charge in [0.05, 0.1) is 29.1 Å². The maximum atomic E-state index is 9.50. The van der Waals surface area contributed by atoms with Crippen molar-refractivity contribution in [2.45, 2.75) is 0 Å². The summed E-state index contributed by atoms with van der Waals surface area (Å²) in [6, 6.07) is 7.98. The topological polar surface area (TPSA) is 53.8 Å². The van der Waals surface area contributed by atoms with Crippen molar-refractivity contribution >= 4 is 46.7 Å². The maximum Gasteiger partial charge on any atom is 0.161 e. The number of nitrogens with zero attached hydrogens (tertiary/aromatic N) is 1. The molecule has 0 unspecified atom stereocenters. The molecule has 0 amide bonds. The second kappa shape index (κ2) is 6.89. The van der Waals surface area contributed by atoms with E-state index in [1.165, 1.54) is 13.2 Å². The van der Waals surface area contributed by atoms with Crippen molar-refractivity contribution in [3.05, 3.63) is 51.0 Å². The molecule has 0 bridgehead atoms. The zero-order chi connectivity index (χ0) is 15.4. The van der Waals surface area contributed by atoms with E-state index in [0.717, 1.165) is 5.56 Å². The number of hydrogen-bond acceptors (Lipinski definition) is 4. The van der Waals surface area contributed by atoms with Gasteiger partial charge in [-0.05, 0) is 35.9 Å². The average molecular weight is 346 g/mol. The second-order valence-electron chi connectivity index (χ2n) is 4.05. The number of methoxy groups -OCH3 is 1. The van der Waals surface area contributed by atoms with Crippen LogP contribution in [0.25, 0.3) is 0 Å². The van der Waals surface area contributed by atoms with E-state index < -0.39 is 0 Å². The number of hydrogen-bond donors (Lipinski definition) is 2. The summed E-state index contributed by atoms with van der Waals surface area (Å²) in [6.07, 6.45) is 1.54. The van der Waals surface area contributed by atoms with Gasteiger partial charge >= 0.3 is 0 Å². The smallest absolute Gasteiger partial charge is 0.161 e. The molecule has 0 heterocycles. The molecule has 0 aliphatic heterocycles. The molecule has 0 radical (unpaired) electrons. The van der Waals surface area contributed by atoms with Crippen LogP contribution in [-0.4, -0.2) is 18.4 Å². The molecule has 7 heteroatoms. The first-order chi connectivity index (χ1) is 10.0. The molecular formula is C14H11Cl3N2O2. The van der Waals surface area contributed by atoms with Gasteiger partial charge in [-0.1, -0.05) is 34.8 Å². The fourth-order valence-electron chi connectivity index (χ4n) is 1.59. The number of halogens is 3. The molecular weight excluding hydrogens is 335 g/mol. The molecule has 0 aromatic heterocycles. The van der Waals surface area contributed by atoms with Crippen LogP contribution < -0.4 is 10.2 Å².